The van der Waals surface area contributed by atoms with Crippen LogP contribution in [0, 0.1) is 0 Å². The highest BCUT2D eigenvalue weighted by Crippen LogP contribution is 2.35. The molecule has 2 amide bonds. The third-order valence-corrected chi connectivity index (χ3v) is 7.56. The molecule has 6 rings (SSSR count). The molecule has 0 radical (unpaired) electrons. The molecule has 3 heterocycles. The van der Waals surface area contributed by atoms with Gasteiger partial charge in [0.25, 0.3) is 5.91 Å². The molecule has 182 valence electrons. The molecule has 0 saturated carbocycles. The summed E-state index contributed by atoms with van der Waals surface area (Å²) in [4.78, 5) is 32.5. The summed E-state index contributed by atoms with van der Waals surface area (Å²) in [5, 5.41) is 13.9. The van der Waals surface area contributed by atoms with Crippen molar-refractivity contribution < 1.29 is 9.59 Å². The van der Waals surface area contributed by atoms with Gasteiger partial charge in [-0.1, -0.05) is 71.5 Å². The SMILES string of the molecule is O=C(Nc1nnc(C2CC(=O)N(c3ccc(Cl)cc3)C2)s1)c1cc(-c2ccccc2)nc2ccccc12. The highest BCUT2D eigenvalue weighted by atomic mass is 35.5. The largest absolute Gasteiger partial charge is 0.312 e. The minimum absolute atomic E-state index is 0.0183. The van der Waals surface area contributed by atoms with Gasteiger partial charge in [-0.2, -0.15) is 0 Å². The number of pyridine rings is 1. The standard InChI is InChI=1S/C28H20ClN5O2S/c29-19-10-12-20(13-11-19)34-16-18(14-25(34)35)27-32-33-28(37-27)31-26(36)22-15-24(17-6-2-1-3-7-17)30-23-9-5-4-8-21(22)23/h1-13,15,18H,14,16H2,(H,31,33,36). The second-order valence-corrected chi connectivity index (χ2v) is 10.2. The van der Waals surface area contributed by atoms with Crippen LogP contribution >= 0.6 is 22.9 Å². The Balaban J connectivity index is 1.24. The van der Waals surface area contributed by atoms with Gasteiger partial charge in [-0.3, -0.25) is 14.9 Å². The summed E-state index contributed by atoms with van der Waals surface area (Å²) in [6.07, 6.45) is 0.334. The van der Waals surface area contributed by atoms with Gasteiger partial charge in [0.05, 0.1) is 16.8 Å². The molecule has 9 heteroatoms. The fourth-order valence-corrected chi connectivity index (χ4v) is 5.43. The number of fused-ring (bicyclic) bond motifs is 1. The summed E-state index contributed by atoms with van der Waals surface area (Å²) >= 11 is 7.27. The molecule has 0 spiro atoms. The van der Waals surface area contributed by atoms with Gasteiger partial charge in [0.2, 0.25) is 11.0 Å². The molecule has 0 aliphatic carbocycles. The van der Waals surface area contributed by atoms with E-state index in [0.29, 0.717) is 39.4 Å². The minimum Gasteiger partial charge on any atom is -0.312 e. The Morgan fingerprint density at radius 1 is 0.973 bits per heavy atom. The summed E-state index contributed by atoms with van der Waals surface area (Å²) in [6, 6.07) is 26.3. The molecule has 5 aromatic rings. The van der Waals surface area contributed by atoms with E-state index in [-0.39, 0.29) is 17.7 Å². The smallest absolute Gasteiger partial charge is 0.258 e. The summed E-state index contributed by atoms with van der Waals surface area (Å²) < 4.78 is 0. The minimum atomic E-state index is -0.288. The van der Waals surface area contributed by atoms with Gasteiger partial charge in [0, 0.05) is 40.5 Å². The Bertz CT molecular complexity index is 1620. The van der Waals surface area contributed by atoms with E-state index in [1.807, 2.05) is 66.7 Å². The summed E-state index contributed by atoms with van der Waals surface area (Å²) in [7, 11) is 0. The van der Waals surface area contributed by atoms with E-state index in [4.69, 9.17) is 16.6 Å². The molecule has 1 fully saturated rings. The van der Waals surface area contributed by atoms with E-state index in [2.05, 4.69) is 15.5 Å². The number of hydrogen-bond acceptors (Lipinski definition) is 6. The maximum atomic E-state index is 13.4. The van der Waals surface area contributed by atoms with Gasteiger partial charge >= 0.3 is 0 Å². The molecule has 1 aliphatic rings. The van der Waals surface area contributed by atoms with E-state index in [9.17, 15) is 9.59 Å². The van der Waals surface area contributed by atoms with Crippen molar-refractivity contribution in [3.05, 3.63) is 101 Å². The molecule has 0 bridgehead atoms. The number of halogens is 1. The van der Waals surface area contributed by atoms with Crippen molar-refractivity contribution in [1.29, 1.82) is 0 Å². The second-order valence-electron chi connectivity index (χ2n) is 8.72. The number of carbonyl (C=O) groups is 2. The first kappa shape index (κ1) is 23.3. The van der Waals surface area contributed by atoms with Crippen LogP contribution in [0.3, 0.4) is 0 Å². The lowest BCUT2D eigenvalue weighted by Gasteiger charge is -2.16. The number of aromatic nitrogens is 3. The highest BCUT2D eigenvalue weighted by molar-refractivity contribution is 7.15. The molecule has 1 atom stereocenters. The predicted molar refractivity (Wildman–Crippen MR) is 146 cm³/mol. The fourth-order valence-electron chi connectivity index (χ4n) is 4.48. The van der Waals surface area contributed by atoms with Gasteiger partial charge in [0.15, 0.2) is 0 Å². The van der Waals surface area contributed by atoms with Crippen molar-refractivity contribution >= 4 is 56.5 Å². The normalized spacial score (nSPS) is 15.3. The first-order valence-corrected chi connectivity index (χ1v) is 12.9. The lowest BCUT2D eigenvalue weighted by atomic mass is 10.0. The Hall–Kier alpha value is -4.14. The zero-order chi connectivity index (χ0) is 25.4. The molecule has 37 heavy (non-hydrogen) atoms. The van der Waals surface area contributed by atoms with Crippen molar-refractivity contribution in [2.75, 3.05) is 16.8 Å². The van der Waals surface area contributed by atoms with Crippen molar-refractivity contribution in [1.82, 2.24) is 15.2 Å². The molecule has 3 aromatic carbocycles. The zero-order valence-corrected chi connectivity index (χ0v) is 21.0. The number of amides is 2. The lowest BCUT2D eigenvalue weighted by molar-refractivity contribution is -0.117. The lowest BCUT2D eigenvalue weighted by Crippen LogP contribution is -2.24. The van der Waals surface area contributed by atoms with Crippen molar-refractivity contribution in [2.45, 2.75) is 12.3 Å². The third kappa shape index (κ3) is 4.69. The summed E-state index contributed by atoms with van der Waals surface area (Å²) in [5.74, 6) is -0.369. The summed E-state index contributed by atoms with van der Waals surface area (Å²) in [5.41, 5.74) is 3.68. The first-order valence-electron chi connectivity index (χ1n) is 11.7. The Morgan fingerprint density at radius 3 is 2.54 bits per heavy atom. The molecule has 7 nitrogen and oxygen atoms in total. The fraction of sp³-hybridized carbons (Fsp3) is 0.107. The zero-order valence-electron chi connectivity index (χ0n) is 19.5. The van der Waals surface area contributed by atoms with E-state index < -0.39 is 0 Å². The number of anilines is 2. The Morgan fingerprint density at radius 2 is 1.73 bits per heavy atom. The Labute approximate surface area is 221 Å². The molecule has 1 N–H and O–H groups in total. The number of nitrogens with zero attached hydrogens (tertiary/aromatic N) is 4. The monoisotopic (exact) mass is 525 g/mol. The number of hydrogen-bond donors (Lipinski definition) is 1. The van der Waals surface area contributed by atoms with E-state index in [1.54, 1.807) is 23.1 Å². The van der Waals surface area contributed by atoms with Crippen LogP contribution in [0.15, 0.2) is 84.9 Å². The van der Waals surface area contributed by atoms with Crippen molar-refractivity contribution in [3.63, 3.8) is 0 Å². The van der Waals surface area contributed by atoms with Crippen LogP contribution in [-0.2, 0) is 4.79 Å². The maximum Gasteiger partial charge on any atom is 0.258 e. The molecule has 1 saturated heterocycles. The quantitative estimate of drug-likeness (QED) is 0.296. The maximum absolute atomic E-state index is 13.4. The topological polar surface area (TPSA) is 88.1 Å². The molecular formula is C28H20ClN5O2S. The number of nitrogens with one attached hydrogen (secondary N) is 1. The van der Waals surface area contributed by atoms with Crippen LogP contribution in [0.4, 0.5) is 10.8 Å². The van der Waals surface area contributed by atoms with Crippen LogP contribution in [0.1, 0.15) is 27.7 Å². The van der Waals surface area contributed by atoms with Crippen LogP contribution in [0.5, 0.6) is 0 Å². The molecule has 1 aliphatic heterocycles. The molecular weight excluding hydrogens is 506 g/mol. The number of carbonyl (C=O) groups excluding carboxylic acids is 2. The van der Waals surface area contributed by atoms with Crippen molar-refractivity contribution in [2.24, 2.45) is 0 Å². The number of rotatable bonds is 5. The summed E-state index contributed by atoms with van der Waals surface area (Å²) in [6.45, 7) is 0.498. The number of para-hydroxylation sites is 1. The van der Waals surface area contributed by atoms with E-state index in [0.717, 1.165) is 22.2 Å². The second kappa shape index (κ2) is 9.72. The van der Waals surface area contributed by atoms with Gasteiger partial charge in [-0.05, 0) is 36.4 Å². The van der Waals surface area contributed by atoms with Crippen LogP contribution in [-0.4, -0.2) is 33.5 Å². The van der Waals surface area contributed by atoms with Gasteiger partial charge in [-0.25, -0.2) is 4.98 Å². The average molecular weight is 526 g/mol. The first-order chi connectivity index (χ1) is 18.0. The van der Waals surface area contributed by atoms with Gasteiger partial charge in [0.1, 0.15) is 5.01 Å². The Kier molecular flexibility index (Phi) is 6.12. The van der Waals surface area contributed by atoms with E-state index >= 15 is 0 Å². The number of benzene rings is 3. The van der Waals surface area contributed by atoms with Gasteiger partial charge < -0.3 is 4.90 Å². The van der Waals surface area contributed by atoms with Crippen molar-refractivity contribution in [3.8, 4) is 11.3 Å². The van der Waals surface area contributed by atoms with Crippen LogP contribution in [0.2, 0.25) is 5.02 Å². The molecule has 2 aromatic heterocycles. The molecule has 1 unspecified atom stereocenters. The highest BCUT2D eigenvalue weighted by Gasteiger charge is 2.34. The van der Waals surface area contributed by atoms with Gasteiger partial charge in [-0.15, -0.1) is 10.2 Å². The average Bonchev–Trinajstić information content (AvgIpc) is 3.55. The third-order valence-electron chi connectivity index (χ3n) is 6.30. The van der Waals surface area contributed by atoms with Crippen LogP contribution in [0.25, 0.3) is 22.2 Å². The van der Waals surface area contributed by atoms with Crippen LogP contribution < -0.4 is 10.2 Å². The van der Waals surface area contributed by atoms with E-state index in [1.165, 1.54) is 11.3 Å². The predicted octanol–water partition coefficient (Wildman–Crippen LogP) is 6.18.